The van der Waals surface area contributed by atoms with Crippen molar-refractivity contribution in [1.29, 1.82) is 0 Å². The van der Waals surface area contributed by atoms with Crippen LogP contribution in [0, 0.1) is 10.1 Å². The number of carbonyl (C=O) groups excluding carboxylic acids is 2. The first-order valence-corrected chi connectivity index (χ1v) is 7.52. The molecule has 134 valence electrons. The Kier molecular flexibility index (Phi) is 6.44. The van der Waals surface area contributed by atoms with Crippen LogP contribution >= 0.6 is 0 Å². The van der Waals surface area contributed by atoms with Crippen molar-refractivity contribution in [2.24, 2.45) is 0 Å². The fourth-order valence-corrected chi connectivity index (χ4v) is 2.01. The van der Waals surface area contributed by atoms with Crippen LogP contribution in [0.5, 0.6) is 5.75 Å². The number of nitro groups is 1. The second-order valence-electron chi connectivity index (χ2n) is 5.03. The molecular formula is C18H16N2O6. The van der Waals surface area contributed by atoms with E-state index in [0.29, 0.717) is 11.4 Å². The summed E-state index contributed by atoms with van der Waals surface area (Å²) in [7, 11) is 1.53. The third-order valence-electron chi connectivity index (χ3n) is 3.25. The zero-order valence-electron chi connectivity index (χ0n) is 13.9. The van der Waals surface area contributed by atoms with Crippen LogP contribution in [0.4, 0.5) is 11.4 Å². The van der Waals surface area contributed by atoms with Gasteiger partial charge in [-0.3, -0.25) is 14.9 Å². The molecule has 0 unspecified atom stereocenters. The third kappa shape index (κ3) is 5.45. The van der Waals surface area contributed by atoms with Gasteiger partial charge in [-0.1, -0.05) is 12.1 Å². The highest BCUT2D eigenvalue weighted by Crippen LogP contribution is 2.19. The molecule has 0 heterocycles. The number of esters is 1. The quantitative estimate of drug-likeness (QED) is 0.354. The van der Waals surface area contributed by atoms with Crippen LogP contribution in [0.1, 0.15) is 5.56 Å². The van der Waals surface area contributed by atoms with Crippen molar-refractivity contribution >= 4 is 29.3 Å². The minimum Gasteiger partial charge on any atom is -0.497 e. The highest BCUT2D eigenvalue weighted by Gasteiger charge is 2.10. The van der Waals surface area contributed by atoms with E-state index in [2.05, 4.69) is 5.32 Å². The second kappa shape index (κ2) is 8.97. The van der Waals surface area contributed by atoms with Gasteiger partial charge in [0, 0.05) is 17.8 Å². The molecule has 2 rings (SSSR count). The Labute approximate surface area is 149 Å². The molecule has 8 nitrogen and oxygen atoms in total. The lowest BCUT2D eigenvalue weighted by Crippen LogP contribution is -2.20. The van der Waals surface area contributed by atoms with Crippen LogP contribution in [0.15, 0.2) is 54.6 Å². The van der Waals surface area contributed by atoms with Crippen molar-refractivity contribution in [1.82, 2.24) is 0 Å². The van der Waals surface area contributed by atoms with Gasteiger partial charge in [0.05, 0.1) is 17.6 Å². The maximum Gasteiger partial charge on any atom is 0.331 e. The Bertz CT molecular complexity index is 830. The number of benzene rings is 2. The van der Waals surface area contributed by atoms with Crippen molar-refractivity contribution in [3.63, 3.8) is 0 Å². The molecule has 1 N–H and O–H groups in total. The van der Waals surface area contributed by atoms with Crippen LogP contribution in [0.3, 0.4) is 0 Å². The maximum atomic E-state index is 11.8. The number of hydrogen-bond acceptors (Lipinski definition) is 6. The summed E-state index contributed by atoms with van der Waals surface area (Å²) in [5, 5.41) is 13.5. The predicted octanol–water partition coefficient (Wildman–Crippen LogP) is 2.80. The summed E-state index contributed by atoms with van der Waals surface area (Å²) in [6.07, 6.45) is 2.30. The van der Waals surface area contributed by atoms with Gasteiger partial charge in [-0.05, 0) is 36.4 Å². The van der Waals surface area contributed by atoms with Crippen LogP contribution in [-0.2, 0) is 14.3 Å². The molecule has 0 radical (unpaired) electrons. The molecule has 1 amide bonds. The molecule has 0 fully saturated rings. The lowest BCUT2D eigenvalue weighted by atomic mass is 10.1. The molecule has 2 aromatic rings. The summed E-state index contributed by atoms with van der Waals surface area (Å²) >= 11 is 0. The number of methoxy groups -OCH3 is 1. The fourth-order valence-electron chi connectivity index (χ4n) is 2.01. The van der Waals surface area contributed by atoms with E-state index in [4.69, 9.17) is 9.47 Å². The summed E-state index contributed by atoms with van der Waals surface area (Å²) in [5.74, 6) is -0.648. The number of anilines is 1. The SMILES string of the molecule is COc1ccc(NC(=O)COC(=O)C=Cc2ccccc2[N+](=O)[O-])cc1. The van der Waals surface area contributed by atoms with E-state index in [-0.39, 0.29) is 11.3 Å². The Morgan fingerprint density at radius 3 is 2.50 bits per heavy atom. The molecule has 26 heavy (non-hydrogen) atoms. The van der Waals surface area contributed by atoms with Gasteiger partial charge in [-0.25, -0.2) is 4.79 Å². The molecule has 0 bridgehead atoms. The third-order valence-corrected chi connectivity index (χ3v) is 3.25. The fraction of sp³-hybridized carbons (Fsp3) is 0.111. The molecular weight excluding hydrogens is 340 g/mol. The van der Waals surface area contributed by atoms with Crippen molar-refractivity contribution in [3.05, 3.63) is 70.3 Å². The summed E-state index contributed by atoms with van der Waals surface area (Å²) in [6.45, 7) is -0.480. The first kappa shape index (κ1) is 18.7. The van der Waals surface area contributed by atoms with Crippen molar-refractivity contribution in [2.45, 2.75) is 0 Å². The number of ether oxygens (including phenoxy) is 2. The van der Waals surface area contributed by atoms with Gasteiger partial charge in [0.25, 0.3) is 11.6 Å². The number of rotatable bonds is 7. The van der Waals surface area contributed by atoms with E-state index in [9.17, 15) is 19.7 Å². The largest absolute Gasteiger partial charge is 0.497 e. The highest BCUT2D eigenvalue weighted by atomic mass is 16.6. The Balaban J connectivity index is 1.86. The van der Waals surface area contributed by atoms with Crippen LogP contribution in [0.25, 0.3) is 6.08 Å². The van der Waals surface area contributed by atoms with E-state index < -0.39 is 23.4 Å². The standard InChI is InChI=1S/C18H16N2O6/c1-25-15-9-7-14(8-10-15)19-17(21)12-26-18(22)11-6-13-4-2-3-5-16(13)20(23)24/h2-11H,12H2,1H3,(H,19,21). The normalized spacial score (nSPS) is 10.3. The van der Waals surface area contributed by atoms with Crippen molar-refractivity contribution < 1.29 is 24.0 Å². The van der Waals surface area contributed by atoms with Crippen molar-refractivity contribution in [3.8, 4) is 5.75 Å². The molecule has 0 saturated carbocycles. The molecule has 0 saturated heterocycles. The van der Waals surface area contributed by atoms with Crippen LogP contribution in [-0.4, -0.2) is 30.5 Å². The first-order valence-electron chi connectivity index (χ1n) is 7.52. The van der Waals surface area contributed by atoms with Gasteiger partial charge >= 0.3 is 5.97 Å². The second-order valence-corrected chi connectivity index (χ2v) is 5.03. The van der Waals surface area contributed by atoms with Gasteiger partial charge < -0.3 is 14.8 Å². The maximum absolute atomic E-state index is 11.8. The molecule has 0 aliphatic heterocycles. The highest BCUT2D eigenvalue weighted by molar-refractivity contribution is 5.94. The average Bonchev–Trinajstić information content (AvgIpc) is 2.65. The van der Waals surface area contributed by atoms with E-state index in [1.54, 1.807) is 30.3 Å². The molecule has 0 aliphatic rings. The molecule has 8 heteroatoms. The number of nitrogens with one attached hydrogen (secondary N) is 1. The van der Waals surface area contributed by atoms with E-state index in [0.717, 1.165) is 6.08 Å². The van der Waals surface area contributed by atoms with Gasteiger partial charge in [0.1, 0.15) is 5.75 Å². The number of amides is 1. The number of hydrogen-bond donors (Lipinski definition) is 1. The van der Waals surface area contributed by atoms with Crippen LogP contribution < -0.4 is 10.1 Å². The summed E-state index contributed by atoms with van der Waals surface area (Å²) in [4.78, 5) is 33.8. The Morgan fingerprint density at radius 2 is 1.85 bits per heavy atom. The average molecular weight is 356 g/mol. The Hall–Kier alpha value is -3.68. The summed E-state index contributed by atoms with van der Waals surface area (Å²) < 4.78 is 9.82. The van der Waals surface area contributed by atoms with E-state index in [1.165, 1.54) is 31.4 Å². The summed E-state index contributed by atoms with van der Waals surface area (Å²) in [6, 6.07) is 12.6. The Morgan fingerprint density at radius 1 is 1.15 bits per heavy atom. The van der Waals surface area contributed by atoms with Gasteiger partial charge in [0.15, 0.2) is 6.61 Å². The van der Waals surface area contributed by atoms with Gasteiger partial charge in [0.2, 0.25) is 0 Å². The lowest BCUT2D eigenvalue weighted by Gasteiger charge is -2.06. The zero-order chi connectivity index (χ0) is 18.9. The minimum atomic E-state index is -0.784. The van der Waals surface area contributed by atoms with Gasteiger partial charge in [-0.15, -0.1) is 0 Å². The molecule has 0 aromatic heterocycles. The number of para-hydroxylation sites is 1. The number of nitro benzene ring substituents is 1. The smallest absolute Gasteiger partial charge is 0.331 e. The van der Waals surface area contributed by atoms with Crippen LogP contribution in [0.2, 0.25) is 0 Å². The predicted molar refractivity (Wildman–Crippen MR) is 94.7 cm³/mol. The van der Waals surface area contributed by atoms with E-state index in [1.807, 2.05) is 0 Å². The number of carbonyl (C=O) groups is 2. The molecule has 0 spiro atoms. The van der Waals surface area contributed by atoms with Gasteiger partial charge in [-0.2, -0.15) is 0 Å². The topological polar surface area (TPSA) is 108 Å². The molecule has 0 aliphatic carbocycles. The lowest BCUT2D eigenvalue weighted by molar-refractivity contribution is -0.385. The van der Waals surface area contributed by atoms with E-state index >= 15 is 0 Å². The molecule has 0 atom stereocenters. The minimum absolute atomic E-state index is 0.131. The first-order chi connectivity index (χ1) is 12.5. The summed E-state index contributed by atoms with van der Waals surface area (Å²) in [5.41, 5.74) is 0.660. The number of nitrogens with zero attached hydrogens (tertiary/aromatic N) is 1. The molecule has 2 aromatic carbocycles. The zero-order valence-corrected chi connectivity index (χ0v) is 13.9. The van der Waals surface area contributed by atoms with Crippen molar-refractivity contribution in [2.75, 3.05) is 19.0 Å². The monoisotopic (exact) mass is 356 g/mol.